The zero-order valence-electron chi connectivity index (χ0n) is 7.39. The molecule has 0 bridgehead atoms. The first kappa shape index (κ1) is 9.09. The van der Waals surface area contributed by atoms with Gasteiger partial charge in [-0.1, -0.05) is 11.6 Å². The zero-order chi connectivity index (χ0) is 9.80. The Morgan fingerprint density at radius 2 is 1.86 bits per heavy atom. The summed E-state index contributed by atoms with van der Waals surface area (Å²) >= 11 is 5.73. The molecule has 2 rings (SSSR count). The van der Waals surface area contributed by atoms with Crippen LogP contribution < -0.4 is 0 Å². The molecular weight excluding hydrogens is 198 g/mol. The summed E-state index contributed by atoms with van der Waals surface area (Å²) in [5.41, 5.74) is 2.01. The summed E-state index contributed by atoms with van der Waals surface area (Å²) in [5.74, 6) is 0. The van der Waals surface area contributed by atoms with Gasteiger partial charge < -0.3 is 0 Å². The van der Waals surface area contributed by atoms with Gasteiger partial charge in [-0.15, -0.1) is 0 Å². The van der Waals surface area contributed by atoms with Crippen LogP contribution in [0.2, 0.25) is 5.15 Å². The van der Waals surface area contributed by atoms with E-state index in [1.165, 1.54) is 6.20 Å². The molecule has 2 aromatic heterocycles. The standard InChI is InChI=1S/C10H8ClN3/c11-10-7-13-6-9(14-10)5-8-1-3-12-4-2-8/h1-4,6-7H,5H2. The van der Waals surface area contributed by atoms with Crippen molar-refractivity contribution in [3.63, 3.8) is 0 Å². The van der Waals surface area contributed by atoms with Crippen molar-refractivity contribution in [2.45, 2.75) is 6.42 Å². The quantitative estimate of drug-likeness (QED) is 0.754. The number of hydrogen-bond donors (Lipinski definition) is 0. The molecule has 2 aromatic rings. The molecule has 0 aliphatic heterocycles. The first-order valence-corrected chi connectivity index (χ1v) is 4.58. The lowest BCUT2D eigenvalue weighted by Crippen LogP contribution is -1.93. The normalized spacial score (nSPS) is 10.1. The van der Waals surface area contributed by atoms with Crippen molar-refractivity contribution in [3.8, 4) is 0 Å². The summed E-state index contributed by atoms with van der Waals surface area (Å²) in [7, 11) is 0. The molecule has 0 amide bonds. The number of hydrogen-bond acceptors (Lipinski definition) is 3. The van der Waals surface area contributed by atoms with Crippen LogP contribution in [0, 0.1) is 0 Å². The van der Waals surface area contributed by atoms with Gasteiger partial charge in [0.15, 0.2) is 0 Å². The minimum Gasteiger partial charge on any atom is -0.265 e. The van der Waals surface area contributed by atoms with E-state index in [-0.39, 0.29) is 0 Å². The minimum absolute atomic E-state index is 0.427. The third-order valence-corrected chi connectivity index (χ3v) is 1.97. The third kappa shape index (κ3) is 2.26. The van der Waals surface area contributed by atoms with Crippen LogP contribution in [0.25, 0.3) is 0 Å². The van der Waals surface area contributed by atoms with Crippen LogP contribution in [-0.4, -0.2) is 15.0 Å². The van der Waals surface area contributed by atoms with Gasteiger partial charge in [0, 0.05) is 25.0 Å². The van der Waals surface area contributed by atoms with Crippen LogP contribution >= 0.6 is 11.6 Å². The van der Waals surface area contributed by atoms with E-state index in [1.54, 1.807) is 18.6 Å². The van der Waals surface area contributed by atoms with Crippen molar-refractivity contribution in [2.24, 2.45) is 0 Å². The molecule has 0 fully saturated rings. The molecule has 0 unspecified atom stereocenters. The fraction of sp³-hybridized carbons (Fsp3) is 0.100. The van der Waals surface area contributed by atoms with Gasteiger partial charge in [-0.05, 0) is 17.7 Å². The number of nitrogens with zero attached hydrogens (tertiary/aromatic N) is 3. The van der Waals surface area contributed by atoms with Crippen molar-refractivity contribution < 1.29 is 0 Å². The van der Waals surface area contributed by atoms with Gasteiger partial charge >= 0.3 is 0 Å². The van der Waals surface area contributed by atoms with E-state index in [2.05, 4.69) is 15.0 Å². The molecule has 0 saturated heterocycles. The molecule has 0 aliphatic rings. The van der Waals surface area contributed by atoms with Gasteiger partial charge in [0.2, 0.25) is 0 Å². The Bertz CT molecular complexity index is 417. The fourth-order valence-electron chi connectivity index (χ4n) is 1.17. The topological polar surface area (TPSA) is 38.7 Å². The minimum atomic E-state index is 0.427. The molecule has 4 heteroatoms. The van der Waals surface area contributed by atoms with Gasteiger partial charge in [-0.3, -0.25) is 9.97 Å². The SMILES string of the molecule is Clc1cncc(Cc2ccncc2)n1. The van der Waals surface area contributed by atoms with Gasteiger partial charge in [-0.25, -0.2) is 4.98 Å². The van der Waals surface area contributed by atoms with Crippen molar-refractivity contribution in [1.82, 2.24) is 15.0 Å². The van der Waals surface area contributed by atoms with Crippen LogP contribution in [0.15, 0.2) is 36.9 Å². The molecule has 0 spiro atoms. The van der Waals surface area contributed by atoms with Crippen LogP contribution in [0.4, 0.5) is 0 Å². The Kier molecular flexibility index (Phi) is 2.70. The number of halogens is 1. The highest BCUT2D eigenvalue weighted by molar-refractivity contribution is 6.29. The van der Waals surface area contributed by atoms with Gasteiger partial charge in [0.25, 0.3) is 0 Å². The van der Waals surface area contributed by atoms with Gasteiger partial charge in [-0.2, -0.15) is 0 Å². The molecule has 0 atom stereocenters. The highest BCUT2D eigenvalue weighted by Gasteiger charge is 1.98. The molecule has 0 N–H and O–H groups in total. The van der Waals surface area contributed by atoms with Crippen molar-refractivity contribution >= 4 is 11.6 Å². The second-order valence-corrected chi connectivity index (χ2v) is 3.25. The van der Waals surface area contributed by atoms with E-state index in [9.17, 15) is 0 Å². The molecule has 3 nitrogen and oxygen atoms in total. The molecule has 2 heterocycles. The maximum absolute atomic E-state index is 5.73. The predicted octanol–water partition coefficient (Wildman–Crippen LogP) is 2.12. The van der Waals surface area contributed by atoms with Crippen molar-refractivity contribution in [1.29, 1.82) is 0 Å². The predicted molar refractivity (Wildman–Crippen MR) is 54.1 cm³/mol. The monoisotopic (exact) mass is 205 g/mol. The van der Waals surface area contributed by atoms with Crippen molar-refractivity contribution in [3.05, 3.63) is 53.3 Å². The Morgan fingerprint density at radius 3 is 2.57 bits per heavy atom. The van der Waals surface area contributed by atoms with Gasteiger partial charge in [0.1, 0.15) is 5.15 Å². The van der Waals surface area contributed by atoms with E-state index in [0.717, 1.165) is 17.7 Å². The van der Waals surface area contributed by atoms with Crippen molar-refractivity contribution in [2.75, 3.05) is 0 Å². The number of rotatable bonds is 2. The summed E-state index contributed by atoms with van der Waals surface area (Å²) < 4.78 is 0. The van der Waals surface area contributed by atoms with E-state index in [4.69, 9.17) is 11.6 Å². The third-order valence-electron chi connectivity index (χ3n) is 1.79. The van der Waals surface area contributed by atoms with Crippen LogP contribution in [0.3, 0.4) is 0 Å². The molecule has 0 saturated carbocycles. The number of aromatic nitrogens is 3. The largest absolute Gasteiger partial charge is 0.265 e. The first-order chi connectivity index (χ1) is 6.84. The number of pyridine rings is 1. The lowest BCUT2D eigenvalue weighted by molar-refractivity contribution is 1.03. The summed E-state index contributed by atoms with van der Waals surface area (Å²) in [6.07, 6.45) is 7.49. The molecule has 0 radical (unpaired) electrons. The average Bonchev–Trinajstić information content (AvgIpc) is 2.19. The van der Waals surface area contributed by atoms with Crippen LogP contribution in [-0.2, 0) is 6.42 Å². The highest BCUT2D eigenvalue weighted by atomic mass is 35.5. The Morgan fingerprint density at radius 1 is 1.07 bits per heavy atom. The second kappa shape index (κ2) is 4.15. The maximum atomic E-state index is 5.73. The van der Waals surface area contributed by atoms with E-state index < -0.39 is 0 Å². The van der Waals surface area contributed by atoms with E-state index >= 15 is 0 Å². The van der Waals surface area contributed by atoms with Gasteiger partial charge in [0.05, 0.1) is 11.9 Å². The summed E-state index contributed by atoms with van der Waals surface area (Å²) in [6, 6.07) is 3.89. The average molecular weight is 206 g/mol. The molecule has 0 aromatic carbocycles. The Labute approximate surface area is 86.8 Å². The highest BCUT2D eigenvalue weighted by Crippen LogP contribution is 2.07. The second-order valence-electron chi connectivity index (χ2n) is 2.87. The Balaban J connectivity index is 2.19. The molecule has 70 valence electrons. The smallest absolute Gasteiger partial charge is 0.147 e. The molecule has 0 aliphatic carbocycles. The lowest BCUT2D eigenvalue weighted by atomic mass is 10.1. The van der Waals surface area contributed by atoms with Crippen LogP contribution in [0.5, 0.6) is 0 Å². The summed E-state index contributed by atoms with van der Waals surface area (Å²) in [6.45, 7) is 0. The summed E-state index contributed by atoms with van der Waals surface area (Å²) in [4.78, 5) is 12.1. The lowest BCUT2D eigenvalue weighted by Gasteiger charge is -1.99. The van der Waals surface area contributed by atoms with E-state index in [1.807, 2.05) is 12.1 Å². The maximum Gasteiger partial charge on any atom is 0.147 e. The zero-order valence-corrected chi connectivity index (χ0v) is 8.15. The molecular formula is C10H8ClN3. The van der Waals surface area contributed by atoms with E-state index in [0.29, 0.717) is 5.15 Å². The first-order valence-electron chi connectivity index (χ1n) is 4.20. The fourth-order valence-corrected chi connectivity index (χ4v) is 1.34. The molecule has 14 heavy (non-hydrogen) atoms. The van der Waals surface area contributed by atoms with Crippen LogP contribution in [0.1, 0.15) is 11.3 Å². The Hall–Kier alpha value is -1.48. The summed E-state index contributed by atoms with van der Waals surface area (Å²) in [5, 5.41) is 0.427.